The molecule has 0 spiro atoms. The van der Waals surface area contributed by atoms with Crippen LogP contribution < -0.4 is 15.8 Å². The van der Waals surface area contributed by atoms with Gasteiger partial charge in [0.2, 0.25) is 11.8 Å². The van der Waals surface area contributed by atoms with E-state index < -0.39 is 17.9 Å². The van der Waals surface area contributed by atoms with E-state index in [1.165, 1.54) is 0 Å². The third-order valence-electron chi connectivity index (χ3n) is 7.15. The molecule has 3 aliphatic rings. The predicted molar refractivity (Wildman–Crippen MR) is 121 cm³/mol. The van der Waals surface area contributed by atoms with Crippen molar-refractivity contribution in [2.75, 3.05) is 6.61 Å². The van der Waals surface area contributed by atoms with Gasteiger partial charge in [0.05, 0.1) is 13.2 Å². The highest BCUT2D eigenvalue weighted by Crippen LogP contribution is 2.47. The van der Waals surface area contributed by atoms with E-state index in [2.05, 4.69) is 17.2 Å². The molecule has 176 valence electrons. The Hall–Kier alpha value is -3.75. The maximum absolute atomic E-state index is 13.1. The number of ether oxygens (including phenoxy) is 1. The van der Waals surface area contributed by atoms with Crippen molar-refractivity contribution in [2.45, 2.75) is 57.0 Å². The minimum atomic E-state index is -0.653. The molecule has 4 amide bonds. The molecule has 0 aliphatic carbocycles. The molecule has 1 fully saturated rings. The monoisotopic (exact) mass is 462 g/mol. The molecule has 9 heteroatoms. The van der Waals surface area contributed by atoms with Crippen LogP contribution in [0.15, 0.2) is 30.5 Å². The summed E-state index contributed by atoms with van der Waals surface area (Å²) in [6, 6.07) is 6.79. The Labute approximate surface area is 196 Å². The van der Waals surface area contributed by atoms with Crippen LogP contribution in [0.1, 0.15) is 70.1 Å². The van der Waals surface area contributed by atoms with Gasteiger partial charge in [0.15, 0.2) is 0 Å². The minimum absolute atomic E-state index is 0.208. The van der Waals surface area contributed by atoms with Crippen molar-refractivity contribution in [2.24, 2.45) is 5.73 Å². The second-order valence-corrected chi connectivity index (χ2v) is 9.45. The van der Waals surface area contributed by atoms with Crippen LogP contribution in [0.25, 0.3) is 0 Å². The summed E-state index contributed by atoms with van der Waals surface area (Å²) in [5.41, 5.74) is 8.74. The van der Waals surface area contributed by atoms with Gasteiger partial charge in [0.25, 0.3) is 11.8 Å². The van der Waals surface area contributed by atoms with Crippen LogP contribution in [0.4, 0.5) is 0 Å². The first-order valence-electron chi connectivity index (χ1n) is 11.5. The number of fused-ring (bicyclic) bond motifs is 3. The highest BCUT2D eigenvalue weighted by molar-refractivity contribution is 6.05. The second kappa shape index (κ2) is 8.23. The molecule has 1 aromatic heterocycles. The fourth-order valence-electron chi connectivity index (χ4n) is 5.30. The zero-order valence-electron chi connectivity index (χ0n) is 18.9. The summed E-state index contributed by atoms with van der Waals surface area (Å²) in [5, 5.41) is 2.33. The van der Waals surface area contributed by atoms with E-state index in [1.807, 2.05) is 18.2 Å². The number of aryl methyl sites for hydroxylation is 1. The molecule has 0 radical (unpaired) electrons. The molecule has 0 bridgehead atoms. The zero-order valence-corrected chi connectivity index (χ0v) is 18.9. The maximum atomic E-state index is 13.1. The number of hydrogen-bond acceptors (Lipinski definition) is 6. The first kappa shape index (κ1) is 22.1. The van der Waals surface area contributed by atoms with E-state index in [9.17, 15) is 19.2 Å². The molecule has 2 atom stereocenters. The molecule has 4 heterocycles. The third-order valence-corrected chi connectivity index (χ3v) is 7.15. The van der Waals surface area contributed by atoms with Gasteiger partial charge in [-0.1, -0.05) is 19.1 Å². The van der Waals surface area contributed by atoms with Crippen molar-refractivity contribution in [3.05, 3.63) is 58.4 Å². The fraction of sp³-hybridized carbons (Fsp3) is 0.400. The molecular weight excluding hydrogens is 436 g/mol. The lowest BCUT2D eigenvalue weighted by Gasteiger charge is -2.29. The topological polar surface area (TPSA) is 132 Å². The standard InChI is InChI=1S/C25H26N4O5/c1-25(10-2-4-14-5-3-11-27-20(14)22(26)31)13-34-21-16-12-29(18-8-9-19(30)28-23(18)32)24(33)15(16)6-7-17(21)25/h3,5-7,11,18H,2,4,8-10,12-13H2,1H3,(H2,26,31)(H,28,30,32)/t18?,25-/m1/s1. The Morgan fingerprint density at radius 3 is 2.88 bits per heavy atom. The van der Waals surface area contributed by atoms with Crippen LogP contribution in [0, 0.1) is 0 Å². The molecular formula is C25H26N4O5. The Morgan fingerprint density at radius 1 is 1.29 bits per heavy atom. The van der Waals surface area contributed by atoms with E-state index in [-0.39, 0.29) is 30.2 Å². The summed E-state index contributed by atoms with van der Waals surface area (Å²) >= 11 is 0. The van der Waals surface area contributed by atoms with E-state index in [1.54, 1.807) is 17.2 Å². The van der Waals surface area contributed by atoms with Gasteiger partial charge in [-0.3, -0.25) is 29.5 Å². The first-order chi connectivity index (χ1) is 16.3. The molecule has 0 saturated carbocycles. The normalized spacial score (nSPS) is 23.4. The maximum Gasteiger partial charge on any atom is 0.267 e. The molecule has 3 N–H and O–H groups in total. The number of aromatic nitrogens is 1. The molecule has 2 aromatic rings. The highest BCUT2D eigenvalue weighted by atomic mass is 16.5. The van der Waals surface area contributed by atoms with Crippen molar-refractivity contribution in [1.29, 1.82) is 0 Å². The van der Waals surface area contributed by atoms with E-state index in [0.29, 0.717) is 30.7 Å². The van der Waals surface area contributed by atoms with E-state index in [4.69, 9.17) is 10.5 Å². The minimum Gasteiger partial charge on any atom is -0.492 e. The number of primary amides is 1. The zero-order chi connectivity index (χ0) is 24.0. The smallest absolute Gasteiger partial charge is 0.267 e. The van der Waals surface area contributed by atoms with Gasteiger partial charge in [0.1, 0.15) is 17.5 Å². The van der Waals surface area contributed by atoms with Crippen molar-refractivity contribution in [3.63, 3.8) is 0 Å². The lowest BCUT2D eigenvalue weighted by molar-refractivity contribution is -0.136. The number of hydrogen-bond donors (Lipinski definition) is 2. The van der Waals surface area contributed by atoms with Gasteiger partial charge in [-0.15, -0.1) is 0 Å². The van der Waals surface area contributed by atoms with Crippen LogP contribution >= 0.6 is 0 Å². The number of rotatable bonds is 6. The largest absolute Gasteiger partial charge is 0.492 e. The molecule has 34 heavy (non-hydrogen) atoms. The fourth-order valence-corrected chi connectivity index (χ4v) is 5.30. The Morgan fingerprint density at radius 2 is 2.12 bits per heavy atom. The van der Waals surface area contributed by atoms with Gasteiger partial charge in [0, 0.05) is 34.7 Å². The van der Waals surface area contributed by atoms with Crippen LogP contribution in [-0.2, 0) is 28.0 Å². The molecule has 3 aliphatic heterocycles. The summed E-state index contributed by atoms with van der Waals surface area (Å²) < 4.78 is 6.13. The van der Waals surface area contributed by atoms with Crippen LogP contribution in [-0.4, -0.2) is 46.2 Å². The number of nitrogens with zero attached hydrogens (tertiary/aromatic N) is 2. The molecule has 1 unspecified atom stereocenters. The average molecular weight is 463 g/mol. The van der Waals surface area contributed by atoms with Crippen molar-refractivity contribution in [3.8, 4) is 5.75 Å². The Bertz CT molecular complexity index is 1230. The average Bonchev–Trinajstić information content (AvgIpc) is 3.32. The second-order valence-electron chi connectivity index (χ2n) is 9.45. The third kappa shape index (κ3) is 3.61. The van der Waals surface area contributed by atoms with Gasteiger partial charge in [-0.05, 0) is 43.4 Å². The van der Waals surface area contributed by atoms with Gasteiger partial charge in [-0.2, -0.15) is 0 Å². The summed E-state index contributed by atoms with van der Waals surface area (Å²) in [6.45, 7) is 2.91. The van der Waals surface area contributed by atoms with Crippen LogP contribution in [0.3, 0.4) is 0 Å². The lowest BCUT2D eigenvalue weighted by atomic mass is 9.79. The number of pyridine rings is 1. The van der Waals surface area contributed by atoms with Gasteiger partial charge in [-0.25, -0.2) is 0 Å². The van der Waals surface area contributed by atoms with E-state index >= 15 is 0 Å². The number of carbonyl (C=O) groups is 4. The number of amides is 4. The number of nitrogens with one attached hydrogen (secondary N) is 1. The molecule has 1 saturated heterocycles. The molecule has 1 aromatic carbocycles. The summed E-state index contributed by atoms with van der Waals surface area (Å²) in [6.07, 6.45) is 4.40. The number of carbonyl (C=O) groups excluding carboxylic acids is 4. The number of nitrogens with two attached hydrogens (primary N) is 1. The quantitative estimate of drug-likeness (QED) is 0.627. The van der Waals surface area contributed by atoms with Crippen molar-refractivity contribution in [1.82, 2.24) is 15.2 Å². The van der Waals surface area contributed by atoms with Crippen LogP contribution in [0.5, 0.6) is 5.75 Å². The van der Waals surface area contributed by atoms with Gasteiger partial charge >= 0.3 is 0 Å². The van der Waals surface area contributed by atoms with Crippen molar-refractivity contribution >= 4 is 23.6 Å². The van der Waals surface area contributed by atoms with Gasteiger partial charge < -0.3 is 15.4 Å². The number of piperidine rings is 1. The molecule has 9 nitrogen and oxygen atoms in total. The Kier molecular flexibility index (Phi) is 5.34. The highest BCUT2D eigenvalue weighted by Gasteiger charge is 2.44. The summed E-state index contributed by atoms with van der Waals surface area (Å²) in [5.74, 6) is -0.746. The van der Waals surface area contributed by atoms with E-state index in [0.717, 1.165) is 35.3 Å². The number of benzene rings is 1. The predicted octanol–water partition coefficient (Wildman–Crippen LogP) is 1.61. The number of imide groups is 1. The first-order valence-corrected chi connectivity index (χ1v) is 11.5. The molecule has 5 rings (SSSR count). The van der Waals surface area contributed by atoms with Crippen LogP contribution in [0.2, 0.25) is 0 Å². The Balaban J connectivity index is 1.33. The lowest BCUT2D eigenvalue weighted by Crippen LogP contribution is -2.52. The van der Waals surface area contributed by atoms with Crippen molar-refractivity contribution < 1.29 is 23.9 Å². The summed E-state index contributed by atoms with van der Waals surface area (Å²) in [7, 11) is 0. The SMILES string of the molecule is C[C@@]1(CCCc2cccnc2C(N)=O)COc2c1ccc1c2CN(C2CCC(=O)NC2=O)C1=O. The summed E-state index contributed by atoms with van der Waals surface area (Å²) in [4.78, 5) is 54.2.